The van der Waals surface area contributed by atoms with Crippen molar-refractivity contribution >= 4 is 23.3 Å². The molecule has 4 rings (SSSR count). The van der Waals surface area contributed by atoms with Crippen LogP contribution in [0.15, 0.2) is 6.07 Å². The van der Waals surface area contributed by atoms with Gasteiger partial charge in [0.25, 0.3) is 0 Å². The number of aromatic nitrogens is 3. The average Bonchev–Trinajstić information content (AvgIpc) is 3.05. The van der Waals surface area contributed by atoms with E-state index in [4.69, 9.17) is 26.2 Å². The zero-order chi connectivity index (χ0) is 19.2. The molecule has 1 amide bonds. The molecular weight excluding hydrogens is 368 g/mol. The molecule has 2 aromatic rings. The smallest absolute Gasteiger partial charge is 0.410 e. The normalized spacial score (nSPS) is 20.6. The van der Waals surface area contributed by atoms with Crippen molar-refractivity contribution < 1.29 is 14.3 Å². The monoisotopic (exact) mass is 392 g/mol. The van der Waals surface area contributed by atoms with Gasteiger partial charge in [-0.25, -0.2) is 14.3 Å². The number of fused-ring (bicyclic) bond motifs is 2. The van der Waals surface area contributed by atoms with Gasteiger partial charge in [-0.05, 0) is 40.0 Å². The molecule has 1 saturated heterocycles. The third kappa shape index (κ3) is 3.62. The predicted octanol–water partition coefficient (Wildman–Crippen LogP) is 3.92. The number of nitrogens with zero attached hydrogens (tertiary/aromatic N) is 4. The number of hydrogen-bond donors (Lipinski definition) is 0. The standard InChI is InChI=1S/C19H25ClN4O3/c1-19(2,3)27-18(25)23-8-5-4-6-15(23)13-10-16-21-14-11-26-9-7-12(14)17(20)24(16)22-13/h10,15H,4-9,11H2,1-3H3. The molecule has 146 valence electrons. The van der Waals surface area contributed by atoms with Crippen molar-refractivity contribution in [1.82, 2.24) is 19.5 Å². The van der Waals surface area contributed by atoms with Crippen molar-refractivity contribution in [2.75, 3.05) is 13.2 Å². The van der Waals surface area contributed by atoms with Gasteiger partial charge >= 0.3 is 6.09 Å². The summed E-state index contributed by atoms with van der Waals surface area (Å²) in [5.41, 5.74) is 2.84. The van der Waals surface area contributed by atoms with Crippen LogP contribution in [0.5, 0.6) is 0 Å². The molecule has 7 nitrogen and oxygen atoms in total. The minimum Gasteiger partial charge on any atom is -0.444 e. The third-order valence-corrected chi connectivity index (χ3v) is 5.34. The molecule has 4 heterocycles. The van der Waals surface area contributed by atoms with E-state index in [1.807, 2.05) is 26.8 Å². The van der Waals surface area contributed by atoms with Crippen LogP contribution in [0, 0.1) is 0 Å². The highest BCUT2D eigenvalue weighted by molar-refractivity contribution is 6.30. The summed E-state index contributed by atoms with van der Waals surface area (Å²) in [4.78, 5) is 19.2. The Bertz CT molecular complexity index is 874. The fourth-order valence-electron chi connectivity index (χ4n) is 3.72. The molecule has 0 aliphatic carbocycles. The average molecular weight is 393 g/mol. The lowest BCUT2D eigenvalue weighted by molar-refractivity contribution is 0.00897. The van der Waals surface area contributed by atoms with E-state index in [0.717, 1.165) is 42.6 Å². The van der Waals surface area contributed by atoms with Crippen molar-refractivity contribution in [3.05, 3.63) is 28.2 Å². The fourth-order valence-corrected chi connectivity index (χ4v) is 4.04. The van der Waals surface area contributed by atoms with Crippen molar-refractivity contribution in [1.29, 1.82) is 0 Å². The van der Waals surface area contributed by atoms with Gasteiger partial charge in [0.15, 0.2) is 5.65 Å². The quantitative estimate of drug-likeness (QED) is 0.688. The Morgan fingerprint density at radius 3 is 2.96 bits per heavy atom. The molecule has 0 N–H and O–H groups in total. The second-order valence-electron chi connectivity index (χ2n) is 8.15. The van der Waals surface area contributed by atoms with Crippen molar-refractivity contribution in [3.63, 3.8) is 0 Å². The summed E-state index contributed by atoms with van der Waals surface area (Å²) >= 11 is 6.60. The zero-order valence-corrected chi connectivity index (χ0v) is 16.8. The highest BCUT2D eigenvalue weighted by Crippen LogP contribution is 2.33. The highest BCUT2D eigenvalue weighted by Gasteiger charge is 2.33. The van der Waals surface area contributed by atoms with E-state index in [0.29, 0.717) is 30.6 Å². The summed E-state index contributed by atoms with van der Waals surface area (Å²) < 4.78 is 12.8. The van der Waals surface area contributed by atoms with Crippen LogP contribution < -0.4 is 0 Å². The minimum atomic E-state index is -0.526. The molecule has 2 aromatic heterocycles. The number of hydrogen-bond acceptors (Lipinski definition) is 5. The maximum absolute atomic E-state index is 12.7. The number of halogens is 1. The second-order valence-corrected chi connectivity index (χ2v) is 8.51. The number of carbonyl (C=O) groups excluding carboxylic acids is 1. The zero-order valence-electron chi connectivity index (χ0n) is 16.0. The van der Waals surface area contributed by atoms with Crippen LogP contribution in [0.1, 0.15) is 63.0 Å². The molecular formula is C19H25ClN4O3. The van der Waals surface area contributed by atoms with Crippen LogP contribution in [-0.2, 0) is 22.5 Å². The number of likely N-dealkylation sites (tertiary alicyclic amines) is 1. The first kappa shape index (κ1) is 18.5. The molecule has 0 spiro atoms. The first-order valence-electron chi connectivity index (χ1n) is 9.48. The second kappa shape index (κ2) is 6.95. The summed E-state index contributed by atoms with van der Waals surface area (Å²) in [7, 11) is 0. The molecule has 0 radical (unpaired) electrons. The SMILES string of the molecule is CC(C)(C)OC(=O)N1CCCCC1c1cc2nc3c(c(Cl)n2n1)CCOC3. The predicted molar refractivity (Wildman–Crippen MR) is 101 cm³/mol. The maximum atomic E-state index is 12.7. The molecule has 2 aliphatic heterocycles. The van der Waals surface area contributed by atoms with E-state index in [-0.39, 0.29) is 12.1 Å². The molecule has 1 unspecified atom stereocenters. The van der Waals surface area contributed by atoms with Gasteiger partial charge in [0.1, 0.15) is 10.8 Å². The van der Waals surface area contributed by atoms with Crippen LogP contribution in [-0.4, -0.2) is 44.3 Å². The van der Waals surface area contributed by atoms with E-state index in [1.54, 1.807) is 9.42 Å². The van der Waals surface area contributed by atoms with Gasteiger partial charge in [-0.3, -0.25) is 4.90 Å². The van der Waals surface area contributed by atoms with Gasteiger partial charge in [0, 0.05) is 24.6 Å². The Kier molecular flexibility index (Phi) is 4.76. The molecule has 8 heteroatoms. The number of carbonyl (C=O) groups is 1. The number of amides is 1. The van der Waals surface area contributed by atoms with Crippen molar-refractivity contribution in [2.45, 2.75) is 64.7 Å². The summed E-state index contributed by atoms with van der Waals surface area (Å²) in [5.74, 6) is 0. The lowest BCUT2D eigenvalue weighted by atomic mass is 10.00. The molecule has 0 saturated carbocycles. The Hall–Kier alpha value is -1.86. The molecule has 0 bridgehead atoms. The van der Waals surface area contributed by atoms with Crippen LogP contribution in [0.2, 0.25) is 5.15 Å². The van der Waals surface area contributed by atoms with E-state index < -0.39 is 5.60 Å². The molecule has 2 aliphatic rings. The lowest BCUT2D eigenvalue weighted by Gasteiger charge is -2.35. The molecule has 0 aromatic carbocycles. The van der Waals surface area contributed by atoms with Gasteiger partial charge in [-0.15, -0.1) is 0 Å². The van der Waals surface area contributed by atoms with Gasteiger partial charge in [0.2, 0.25) is 0 Å². The third-order valence-electron chi connectivity index (χ3n) is 4.95. The molecule has 1 fully saturated rings. The summed E-state index contributed by atoms with van der Waals surface area (Å²) in [5, 5.41) is 5.29. The molecule has 27 heavy (non-hydrogen) atoms. The van der Waals surface area contributed by atoms with Crippen molar-refractivity contribution in [3.8, 4) is 0 Å². The first-order valence-corrected chi connectivity index (χ1v) is 9.85. The van der Waals surface area contributed by atoms with E-state index in [9.17, 15) is 4.79 Å². The van der Waals surface area contributed by atoms with Gasteiger partial charge in [0.05, 0.1) is 30.6 Å². The summed E-state index contributed by atoms with van der Waals surface area (Å²) in [6.07, 6.45) is 3.30. The van der Waals surface area contributed by atoms with Crippen LogP contribution in [0.3, 0.4) is 0 Å². The van der Waals surface area contributed by atoms with E-state index >= 15 is 0 Å². The van der Waals surface area contributed by atoms with Crippen molar-refractivity contribution in [2.24, 2.45) is 0 Å². The van der Waals surface area contributed by atoms with Crippen LogP contribution >= 0.6 is 11.6 Å². The largest absolute Gasteiger partial charge is 0.444 e. The number of rotatable bonds is 1. The minimum absolute atomic E-state index is 0.125. The van der Waals surface area contributed by atoms with Gasteiger partial charge in [-0.1, -0.05) is 11.6 Å². The van der Waals surface area contributed by atoms with Crippen LogP contribution in [0.4, 0.5) is 4.79 Å². The number of ether oxygens (including phenoxy) is 2. The highest BCUT2D eigenvalue weighted by atomic mass is 35.5. The fraction of sp³-hybridized carbons (Fsp3) is 0.632. The van der Waals surface area contributed by atoms with Gasteiger partial charge < -0.3 is 9.47 Å². The number of piperidine rings is 1. The topological polar surface area (TPSA) is 69.0 Å². The molecule has 1 atom stereocenters. The summed E-state index contributed by atoms with van der Waals surface area (Å²) in [6.45, 7) is 7.42. The van der Waals surface area contributed by atoms with E-state index in [2.05, 4.69) is 4.98 Å². The van der Waals surface area contributed by atoms with E-state index in [1.165, 1.54) is 0 Å². The Morgan fingerprint density at radius 2 is 2.19 bits per heavy atom. The summed E-state index contributed by atoms with van der Waals surface area (Å²) in [6, 6.07) is 1.80. The first-order chi connectivity index (χ1) is 12.8. The van der Waals surface area contributed by atoms with Crippen LogP contribution in [0.25, 0.3) is 5.65 Å². The Labute approximate surface area is 163 Å². The Morgan fingerprint density at radius 1 is 1.37 bits per heavy atom. The lowest BCUT2D eigenvalue weighted by Crippen LogP contribution is -2.42. The van der Waals surface area contributed by atoms with Gasteiger partial charge in [-0.2, -0.15) is 5.10 Å². The maximum Gasteiger partial charge on any atom is 0.410 e. The Balaban J connectivity index is 1.69.